The third kappa shape index (κ3) is 7.48. The Hall–Kier alpha value is -2.72. The van der Waals surface area contributed by atoms with Crippen LogP contribution in [0.25, 0.3) is 0 Å². The molecule has 2 atom stereocenters. The minimum Gasteiger partial charge on any atom is -0.491 e. The predicted molar refractivity (Wildman–Crippen MR) is 118 cm³/mol. The fraction of sp³-hybridized carbons (Fsp3) is 0.524. The molecule has 1 aliphatic heterocycles. The van der Waals surface area contributed by atoms with E-state index < -0.39 is 17.9 Å². The number of hydrogen-bond donors (Lipinski definition) is 2. The van der Waals surface area contributed by atoms with Crippen molar-refractivity contribution in [2.24, 2.45) is 0 Å². The maximum absolute atomic E-state index is 12.7. The fourth-order valence-electron chi connectivity index (χ4n) is 2.88. The third-order valence-electron chi connectivity index (χ3n) is 4.73. The first-order valence-electron chi connectivity index (χ1n) is 10.2. The Labute approximate surface area is 187 Å². The number of methoxy groups -OCH3 is 1. The molecule has 2 rings (SSSR count). The highest BCUT2D eigenvalue weighted by Crippen LogP contribution is 2.16. The van der Waals surface area contributed by atoms with Crippen molar-refractivity contribution in [3.8, 4) is 5.75 Å². The molecule has 1 saturated heterocycles. The van der Waals surface area contributed by atoms with Crippen LogP contribution in [-0.2, 0) is 19.1 Å². The zero-order valence-electron chi connectivity index (χ0n) is 18.0. The molecule has 1 aromatic rings. The fourth-order valence-corrected chi connectivity index (χ4v) is 3.19. The van der Waals surface area contributed by atoms with Crippen molar-refractivity contribution < 1.29 is 28.6 Å². The highest BCUT2D eigenvalue weighted by molar-refractivity contribution is 7.80. The van der Waals surface area contributed by atoms with Gasteiger partial charge in [0.15, 0.2) is 5.11 Å². The number of carbonyl (C=O) groups is 3. The van der Waals surface area contributed by atoms with E-state index in [4.69, 9.17) is 26.4 Å². The van der Waals surface area contributed by atoms with Gasteiger partial charge in [0, 0.05) is 25.8 Å². The Balaban J connectivity index is 2.02. The molecule has 0 aliphatic carbocycles. The van der Waals surface area contributed by atoms with Crippen LogP contribution in [0.4, 0.5) is 0 Å². The van der Waals surface area contributed by atoms with Gasteiger partial charge >= 0.3 is 5.97 Å². The van der Waals surface area contributed by atoms with Gasteiger partial charge in [0.2, 0.25) is 5.91 Å². The van der Waals surface area contributed by atoms with Crippen molar-refractivity contribution in [3.63, 3.8) is 0 Å². The van der Waals surface area contributed by atoms with Crippen molar-refractivity contribution in [3.05, 3.63) is 29.8 Å². The number of amides is 2. The van der Waals surface area contributed by atoms with E-state index in [0.717, 1.165) is 6.42 Å². The van der Waals surface area contributed by atoms with Crippen LogP contribution in [0.15, 0.2) is 24.3 Å². The number of thiocarbonyl (C=S) groups is 1. The molecule has 1 heterocycles. The maximum Gasteiger partial charge on any atom is 0.308 e. The Morgan fingerprint density at radius 1 is 1.35 bits per heavy atom. The molecule has 1 aromatic carbocycles. The summed E-state index contributed by atoms with van der Waals surface area (Å²) >= 11 is 5.37. The van der Waals surface area contributed by atoms with E-state index in [2.05, 4.69) is 10.6 Å². The van der Waals surface area contributed by atoms with Crippen molar-refractivity contribution in [1.29, 1.82) is 0 Å². The number of esters is 1. The minimum absolute atomic E-state index is 0.0238. The number of nitrogens with zero attached hydrogens (tertiary/aromatic N) is 1. The summed E-state index contributed by atoms with van der Waals surface area (Å²) in [4.78, 5) is 38.6. The topological polar surface area (TPSA) is 106 Å². The van der Waals surface area contributed by atoms with Gasteiger partial charge < -0.3 is 24.4 Å². The summed E-state index contributed by atoms with van der Waals surface area (Å²) < 4.78 is 15.6. The molecule has 10 heteroatoms. The summed E-state index contributed by atoms with van der Waals surface area (Å²) in [5, 5.41) is 5.42. The Kier molecular flexibility index (Phi) is 9.67. The number of benzene rings is 1. The van der Waals surface area contributed by atoms with Crippen LogP contribution in [0.5, 0.6) is 5.75 Å². The molecule has 0 bridgehead atoms. The van der Waals surface area contributed by atoms with E-state index in [-0.39, 0.29) is 36.8 Å². The third-order valence-corrected chi connectivity index (χ3v) is 5.07. The number of hydrogen-bond acceptors (Lipinski definition) is 7. The Bertz CT molecular complexity index is 803. The lowest BCUT2D eigenvalue weighted by atomic mass is 10.1. The van der Waals surface area contributed by atoms with Gasteiger partial charge in [0.25, 0.3) is 5.91 Å². The standard InChI is InChI=1S/C21H29N3O6S/c1-4-14(2)30-16-7-5-6-15(12-16)19(26)23-21(31)24-9-8-22-20(27)17(24)13-18(25)29-11-10-28-3/h5-7,12,14,17H,4,8-11,13H2,1-3H3,(H,22,27)(H,23,26,31). The van der Waals surface area contributed by atoms with E-state index in [1.807, 2.05) is 13.8 Å². The lowest BCUT2D eigenvalue weighted by Crippen LogP contribution is -2.60. The number of ether oxygens (including phenoxy) is 3. The van der Waals surface area contributed by atoms with Gasteiger partial charge in [-0.2, -0.15) is 0 Å². The second-order valence-electron chi connectivity index (χ2n) is 7.04. The molecule has 2 N–H and O–H groups in total. The second kappa shape index (κ2) is 12.2. The summed E-state index contributed by atoms with van der Waals surface area (Å²) in [5.74, 6) is -0.738. The number of carbonyl (C=O) groups excluding carboxylic acids is 3. The Morgan fingerprint density at radius 2 is 2.13 bits per heavy atom. The largest absolute Gasteiger partial charge is 0.491 e. The summed E-state index contributed by atoms with van der Waals surface area (Å²) in [6.07, 6.45) is 0.673. The van der Waals surface area contributed by atoms with Crippen LogP contribution in [0.2, 0.25) is 0 Å². The molecule has 0 aromatic heterocycles. The van der Waals surface area contributed by atoms with Gasteiger partial charge in [0.1, 0.15) is 18.4 Å². The van der Waals surface area contributed by atoms with E-state index in [0.29, 0.717) is 24.4 Å². The van der Waals surface area contributed by atoms with Crippen LogP contribution in [0.1, 0.15) is 37.0 Å². The summed E-state index contributed by atoms with van der Waals surface area (Å²) in [7, 11) is 1.50. The summed E-state index contributed by atoms with van der Waals surface area (Å²) in [6, 6.07) is 5.92. The molecular weight excluding hydrogens is 422 g/mol. The van der Waals surface area contributed by atoms with E-state index in [9.17, 15) is 14.4 Å². The first-order chi connectivity index (χ1) is 14.8. The second-order valence-corrected chi connectivity index (χ2v) is 7.43. The van der Waals surface area contributed by atoms with Crippen molar-refractivity contribution in [1.82, 2.24) is 15.5 Å². The van der Waals surface area contributed by atoms with Gasteiger partial charge in [-0.05, 0) is 43.8 Å². The molecule has 2 amide bonds. The van der Waals surface area contributed by atoms with E-state index in [1.54, 1.807) is 24.3 Å². The molecule has 2 unspecified atom stereocenters. The first kappa shape index (κ1) is 24.5. The number of piperazine rings is 1. The van der Waals surface area contributed by atoms with Gasteiger partial charge in [-0.1, -0.05) is 13.0 Å². The van der Waals surface area contributed by atoms with Crippen LogP contribution in [-0.4, -0.2) is 73.4 Å². The van der Waals surface area contributed by atoms with Crippen molar-refractivity contribution >= 4 is 35.1 Å². The molecule has 0 saturated carbocycles. The molecule has 1 aliphatic rings. The highest BCUT2D eigenvalue weighted by Gasteiger charge is 2.34. The zero-order chi connectivity index (χ0) is 22.8. The van der Waals surface area contributed by atoms with Gasteiger partial charge in [-0.25, -0.2) is 0 Å². The van der Waals surface area contributed by atoms with Crippen molar-refractivity contribution in [2.75, 3.05) is 33.4 Å². The lowest BCUT2D eigenvalue weighted by Gasteiger charge is -2.36. The van der Waals surface area contributed by atoms with E-state index in [1.165, 1.54) is 12.0 Å². The molecule has 9 nitrogen and oxygen atoms in total. The smallest absolute Gasteiger partial charge is 0.308 e. The van der Waals surface area contributed by atoms with E-state index >= 15 is 0 Å². The predicted octanol–water partition coefficient (Wildman–Crippen LogP) is 1.26. The Morgan fingerprint density at radius 3 is 2.84 bits per heavy atom. The molecular formula is C21H29N3O6S. The van der Waals surface area contributed by atoms with Crippen LogP contribution in [0.3, 0.4) is 0 Å². The van der Waals surface area contributed by atoms with Gasteiger partial charge in [-0.15, -0.1) is 0 Å². The highest BCUT2D eigenvalue weighted by atomic mass is 32.1. The normalized spacial score (nSPS) is 16.8. The molecule has 31 heavy (non-hydrogen) atoms. The van der Waals surface area contributed by atoms with Gasteiger partial charge in [0.05, 0.1) is 19.1 Å². The lowest BCUT2D eigenvalue weighted by molar-refractivity contribution is -0.148. The van der Waals surface area contributed by atoms with Crippen LogP contribution in [0, 0.1) is 0 Å². The molecule has 1 fully saturated rings. The number of rotatable bonds is 9. The SMILES string of the molecule is CCC(C)Oc1cccc(C(=O)NC(=S)N2CCNC(=O)C2CC(=O)OCCOC)c1. The average Bonchev–Trinajstić information content (AvgIpc) is 2.75. The monoisotopic (exact) mass is 451 g/mol. The average molecular weight is 452 g/mol. The van der Waals surface area contributed by atoms with Crippen LogP contribution >= 0.6 is 12.2 Å². The number of nitrogens with one attached hydrogen (secondary N) is 2. The van der Waals surface area contributed by atoms with Gasteiger partial charge in [-0.3, -0.25) is 19.7 Å². The summed E-state index contributed by atoms with van der Waals surface area (Å²) in [6.45, 7) is 5.03. The molecule has 0 radical (unpaired) electrons. The van der Waals surface area contributed by atoms with Crippen LogP contribution < -0.4 is 15.4 Å². The molecule has 170 valence electrons. The molecule has 0 spiro atoms. The summed E-state index contributed by atoms with van der Waals surface area (Å²) in [5.41, 5.74) is 0.375. The zero-order valence-corrected chi connectivity index (χ0v) is 18.8. The first-order valence-corrected chi connectivity index (χ1v) is 10.6. The van der Waals surface area contributed by atoms with Crippen molar-refractivity contribution in [2.45, 2.75) is 38.8 Å². The quantitative estimate of drug-likeness (QED) is 0.328. The minimum atomic E-state index is -0.864. The maximum atomic E-state index is 12.7.